The molecule has 3 rings (SSSR count). The molecule has 2 aromatic heterocycles. The van der Waals surface area contributed by atoms with Crippen LogP contribution in [-0.4, -0.2) is 74.2 Å². The van der Waals surface area contributed by atoms with Crippen LogP contribution in [-0.2, 0) is 18.4 Å². The summed E-state index contributed by atoms with van der Waals surface area (Å²) in [6.45, 7) is 2.14. The Hall–Kier alpha value is -4.21. The van der Waals surface area contributed by atoms with Crippen molar-refractivity contribution in [2.24, 2.45) is 7.05 Å². The molecule has 0 radical (unpaired) electrons. The second kappa shape index (κ2) is 13.7. The van der Waals surface area contributed by atoms with Crippen LogP contribution in [0.5, 0.6) is 0 Å². The van der Waals surface area contributed by atoms with Gasteiger partial charge in [-0.15, -0.1) is 0 Å². The second-order valence-electron chi connectivity index (χ2n) is 9.32. The van der Waals surface area contributed by atoms with E-state index < -0.39 is 42.4 Å². The monoisotopic (exact) mass is 555 g/mol. The highest BCUT2D eigenvalue weighted by Crippen LogP contribution is 2.09. The molecule has 1 aromatic carbocycles. The van der Waals surface area contributed by atoms with Crippen molar-refractivity contribution >= 4 is 24.8 Å². The Labute approximate surface area is 230 Å². The smallest absolute Gasteiger partial charge is 0.373 e. The van der Waals surface area contributed by atoms with Crippen molar-refractivity contribution in [2.45, 2.75) is 44.8 Å². The molecule has 15 heteroatoms. The lowest BCUT2D eigenvalue weighted by Crippen LogP contribution is -2.51. The van der Waals surface area contributed by atoms with Crippen molar-refractivity contribution in [3.63, 3.8) is 0 Å². The Morgan fingerprint density at radius 1 is 1.02 bits per heavy atom. The summed E-state index contributed by atoms with van der Waals surface area (Å²) in [5.74, 6) is -1.73. The summed E-state index contributed by atoms with van der Waals surface area (Å²) >= 11 is 0. The number of aliphatic hydroxyl groups is 1. The highest BCUT2D eigenvalue weighted by molar-refractivity contribution is 6.45. The van der Waals surface area contributed by atoms with Crippen molar-refractivity contribution < 1.29 is 24.5 Å². The van der Waals surface area contributed by atoms with E-state index in [1.165, 1.54) is 32.4 Å². The number of benzene rings is 1. The van der Waals surface area contributed by atoms with E-state index in [0.29, 0.717) is 30.5 Å². The molecule has 2 heterocycles. The number of unbranched alkanes of at least 4 members (excludes halogenated alkanes) is 1. The van der Waals surface area contributed by atoms with Gasteiger partial charge in [0.1, 0.15) is 5.69 Å². The molecule has 0 aliphatic carbocycles. The predicted molar refractivity (Wildman–Crippen MR) is 147 cm³/mol. The van der Waals surface area contributed by atoms with Crippen molar-refractivity contribution in [1.29, 1.82) is 0 Å². The maximum Gasteiger partial charge on any atom is 0.373 e. The van der Waals surface area contributed by atoms with Gasteiger partial charge in [0, 0.05) is 32.4 Å². The Balaban J connectivity index is 1.74. The molecule has 0 saturated heterocycles. The number of aromatic nitrogens is 3. The predicted octanol–water partition coefficient (Wildman–Crippen LogP) is -1.90. The molecule has 214 valence electrons. The summed E-state index contributed by atoms with van der Waals surface area (Å²) < 4.78 is 2.76. The lowest BCUT2D eigenvalue weighted by molar-refractivity contribution is -0.130. The molecule has 2 unspecified atom stereocenters. The number of hydrogen-bond acceptors (Lipinski definition) is 8. The van der Waals surface area contributed by atoms with E-state index in [0.717, 1.165) is 13.6 Å². The van der Waals surface area contributed by atoms with Gasteiger partial charge in [-0.05, 0) is 56.0 Å². The van der Waals surface area contributed by atoms with Gasteiger partial charge in [0.15, 0.2) is 6.10 Å². The molecular weight excluding hydrogens is 521 g/mol. The van der Waals surface area contributed by atoms with Crippen LogP contribution in [0.2, 0.25) is 6.82 Å². The summed E-state index contributed by atoms with van der Waals surface area (Å²) in [5.41, 5.74) is -0.351. The minimum atomic E-state index is -1.63. The maximum absolute atomic E-state index is 13.2. The molecule has 0 aliphatic rings. The number of nitrogens with zero attached hydrogens (tertiary/aromatic N) is 3. The van der Waals surface area contributed by atoms with Crippen LogP contribution in [0.1, 0.15) is 45.7 Å². The molecule has 3 aromatic rings. The van der Waals surface area contributed by atoms with Crippen molar-refractivity contribution in [3.8, 4) is 0 Å². The molecular formula is C25H34BN7O7. The van der Waals surface area contributed by atoms with Crippen molar-refractivity contribution in [3.05, 3.63) is 80.4 Å². The zero-order valence-corrected chi connectivity index (χ0v) is 22.6. The Kier molecular flexibility index (Phi) is 10.4. The first-order chi connectivity index (χ1) is 19.0. The minimum Gasteiger partial charge on any atom is -0.437 e. The number of rotatable bonds is 13. The first-order valence-electron chi connectivity index (χ1n) is 12.8. The SMILES string of the molecule is CNC(=O)c1ccc(CNC(=O)C(O)C(CCCCNB(C)O)NC(=O)c2cccn3c(=O)n(C)c(=O)n23)cc1. The van der Waals surface area contributed by atoms with E-state index in [1.807, 2.05) is 0 Å². The zero-order valence-electron chi connectivity index (χ0n) is 22.6. The number of nitrogens with one attached hydrogen (secondary N) is 4. The first kappa shape index (κ1) is 30.3. The van der Waals surface area contributed by atoms with Crippen molar-refractivity contribution in [1.82, 2.24) is 34.8 Å². The normalized spacial score (nSPS) is 12.5. The van der Waals surface area contributed by atoms with Gasteiger partial charge in [-0.3, -0.25) is 14.4 Å². The molecule has 14 nitrogen and oxygen atoms in total. The molecule has 0 bridgehead atoms. The van der Waals surface area contributed by atoms with E-state index in [2.05, 4.69) is 21.2 Å². The zero-order chi connectivity index (χ0) is 29.4. The summed E-state index contributed by atoms with van der Waals surface area (Å²) in [5, 5.41) is 30.9. The second-order valence-corrected chi connectivity index (χ2v) is 9.32. The molecule has 3 amide bonds. The summed E-state index contributed by atoms with van der Waals surface area (Å²) in [7, 11) is 2.12. The Bertz CT molecular complexity index is 1460. The fourth-order valence-electron chi connectivity index (χ4n) is 4.11. The van der Waals surface area contributed by atoms with Crippen LogP contribution in [0, 0.1) is 0 Å². The maximum atomic E-state index is 13.2. The van der Waals surface area contributed by atoms with E-state index in [4.69, 9.17) is 0 Å². The van der Waals surface area contributed by atoms with Crippen LogP contribution in [0.25, 0.3) is 0 Å². The lowest BCUT2D eigenvalue weighted by atomic mass is 9.89. The molecule has 0 spiro atoms. The third-order valence-electron chi connectivity index (χ3n) is 6.37. The van der Waals surface area contributed by atoms with Gasteiger partial charge in [0.2, 0.25) is 0 Å². The molecule has 40 heavy (non-hydrogen) atoms. The van der Waals surface area contributed by atoms with Crippen LogP contribution >= 0.6 is 0 Å². The third-order valence-corrected chi connectivity index (χ3v) is 6.37. The van der Waals surface area contributed by atoms with Crippen molar-refractivity contribution in [2.75, 3.05) is 13.6 Å². The van der Waals surface area contributed by atoms with Gasteiger partial charge in [-0.25, -0.2) is 18.7 Å². The summed E-state index contributed by atoms with van der Waals surface area (Å²) in [6, 6.07) is 8.33. The topological polar surface area (TPSA) is 188 Å². The summed E-state index contributed by atoms with van der Waals surface area (Å²) in [6.07, 6.45) is 1.00. The number of carbonyl (C=O) groups is 3. The highest BCUT2D eigenvalue weighted by atomic mass is 16.3. The average Bonchev–Trinajstić information content (AvgIpc) is 3.18. The Morgan fingerprint density at radius 2 is 1.73 bits per heavy atom. The molecule has 0 fully saturated rings. The van der Waals surface area contributed by atoms with E-state index in [1.54, 1.807) is 31.1 Å². The molecule has 6 N–H and O–H groups in total. The molecule has 2 atom stereocenters. The standard InChI is InChI=1S/C25H34BN7O7/c1-26(40)29-13-5-4-7-18(20(34)23(37)28-15-16-9-11-17(12-10-16)21(35)27-2)30-22(36)19-8-6-14-32-24(38)31(3)25(39)33(19)32/h6,8-12,14,18,20,29,34,40H,4-5,7,13,15H2,1-3H3,(H,27,35)(H,28,37)(H,30,36). The van der Waals surface area contributed by atoms with E-state index in [-0.39, 0.29) is 24.6 Å². The minimum absolute atomic E-state index is 0.0739. The van der Waals surface area contributed by atoms with Crippen LogP contribution in [0.4, 0.5) is 0 Å². The first-order valence-corrected chi connectivity index (χ1v) is 12.8. The van der Waals surface area contributed by atoms with Crippen LogP contribution < -0.4 is 32.6 Å². The van der Waals surface area contributed by atoms with E-state index in [9.17, 15) is 34.1 Å². The number of amides is 3. The fourth-order valence-corrected chi connectivity index (χ4v) is 4.11. The van der Waals surface area contributed by atoms with Gasteiger partial charge in [-0.1, -0.05) is 18.6 Å². The van der Waals surface area contributed by atoms with Crippen LogP contribution in [0.15, 0.2) is 52.2 Å². The molecule has 0 aliphatic heterocycles. The quantitative estimate of drug-likeness (QED) is 0.104. The largest absolute Gasteiger partial charge is 0.437 e. The van der Waals surface area contributed by atoms with Gasteiger partial charge in [-0.2, -0.15) is 4.52 Å². The Morgan fingerprint density at radius 3 is 2.38 bits per heavy atom. The van der Waals surface area contributed by atoms with E-state index >= 15 is 0 Å². The number of fused-ring (bicyclic) bond motifs is 1. The average molecular weight is 555 g/mol. The highest BCUT2D eigenvalue weighted by Gasteiger charge is 2.29. The number of aliphatic hydroxyl groups excluding tert-OH is 1. The number of hydrogen-bond donors (Lipinski definition) is 6. The van der Waals surface area contributed by atoms with Gasteiger partial charge in [0.25, 0.3) is 17.7 Å². The fraction of sp³-hybridized carbons (Fsp3) is 0.400. The third kappa shape index (κ3) is 7.25. The van der Waals surface area contributed by atoms with Gasteiger partial charge >= 0.3 is 18.4 Å². The van der Waals surface area contributed by atoms with Gasteiger partial charge in [0.05, 0.1) is 6.04 Å². The number of carbonyl (C=O) groups excluding carboxylic acids is 3. The molecule has 0 saturated carbocycles. The summed E-state index contributed by atoms with van der Waals surface area (Å²) in [4.78, 5) is 62.6. The lowest BCUT2D eigenvalue weighted by Gasteiger charge is -2.24. The van der Waals surface area contributed by atoms with Gasteiger partial charge < -0.3 is 31.3 Å². The van der Waals surface area contributed by atoms with Crippen LogP contribution in [0.3, 0.4) is 0 Å².